The normalized spacial score (nSPS) is 16.8. The summed E-state index contributed by atoms with van der Waals surface area (Å²) in [5, 5.41) is 15.0. The lowest BCUT2D eigenvalue weighted by molar-refractivity contribution is -0.384. The topological polar surface area (TPSA) is 97.5 Å². The molecule has 1 N–H and O–H groups in total. The fraction of sp³-hybridized carbons (Fsp3) is 0. The summed E-state index contributed by atoms with van der Waals surface area (Å²) >= 11 is 1.15. The van der Waals surface area contributed by atoms with E-state index >= 15 is 0 Å². The molecule has 2 heterocycles. The van der Waals surface area contributed by atoms with Crippen molar-refractivity contribution in [2.45, 2.75) is 0 Å². The highest BCUT2D eigenvalue weighted by molar-refractivity contribution is 8.18. The fourth-order valence-corrected chi connectivity index (χ4v) is 3.47. The Kier molecular flexibility index (Phi) is 4.39. The van der Waals surface area contributed by atoms with Crippen molar-refractivity contribution in [3.05, 3.63) is 81.4 Å². The minimum absolute atomic E-state index is 0.112. The Morgan fingerprint density at radius 1 is 1.15 bits per heavy atom. The first-order valence-corrected chi connectivity index (χ1v) is 8.79. The number of rotatable bonds is 3. The maximum atomic E-state index is 12.2. The van der Waals surface area contributed by atoms with E-state index < -0.39 is 4.92 Å². The van der Waals surface area contributed by atoms with Gasteiger partial charge in [-0.3, -0.25) is 19.9 Å². The quantitative estimate of drug-likeness (QED) is 0.423. The average Bonchev–Trinajstić information content (AvgIpc) is 3.01. The largest absolute Gasteiger partial charge is 0.300 e. The van der Waals surface area contributed by atoms with Gasteiger partial charge in [-0.2, -0.15) is 0 Å². The first kappa shape index (κ1) is 16.9. The number of hydrogen-bond acceptors (Lipinski definition) is 6. The molecule has 27 heavy (non-hydrogen) atoms. The molecule has 1 aliphatic rings. The minimum atomic E-state index is -0.499. The summed E-state index contributed by atoms with van der Waals surface area (Å²) in [6.45, 7) is 0. The highest BCUT2D eigenvalue weighted by Gasteiger charge is 2.25. The van der Waals surface area contributed by atoms with E-state index in [-0.39, 0.29) is 17.3 Å². The third-order valence-corrected chi connectivity index (χ3v) is 4.79. The second-order valence-electron chi connectivity index (χ2n) is 5.68. The van der Waals surface area contributed by atoms with Crippen molar-refractivity contribution in [3.63, 3.8) is 0 Å². The number of para-hydroxylation sites is 2. The zero-order valence-corrected chi connectivity index (χ0v) is 14.6. The number of amides is 1. The summed E-state index contributed by atoms with van der Waals surface area (Å²) in [4.78, 5) is 31.8. The smallest absolute Gasteiger partial charge is 0.294 e. The van der Waals surface area contributed by atoms with Gasteiger partial charge in [-0.25, -0.2) is 4.99 Å². The van der Waals surface area contributed by atoms with Crippen LogP contribution in [0.1, 0.15) is 5.56 Å². The van der Waals surface area contributed by atoms with Crippen molar-refractivity contribution in [3.8, 4) is 0 Å². The minimum Gasteiger partial charge on any atom is -0.300 e. The van der Waals surface area contributed by atoms with E-state index in [9.17, 15) is 14.9 Å². The molecule has 1 saturated heterocycles. The Labute approximate surface area is 158 Å². The standard InChI is InChI=1S/C19H12N4O3S/c24-18-17(11-12-7-8-14-13(10-12)4-3-9-20-14)27-19(22-18)21-15-5-1-2-6-16(15)23(25)26/h1-11H,(H,21,22,24)/b17-11+. The van der Waals surface area contributed by atoms with Crippen LogP contribution < -0.4 is 5.32 Å². The first-order valence-electron chi connectivity index (χ1n) is 7.98. The zero-order valence-electron chi connectivity index (χ0n) is 13.8. The van der Waals surface area contributed by atoms with Gasteiger partial charge in [0, 0.05) is 17.6 Å². The molecule has 2 aromatic carbocycles. The Morgan fingerprint density at radius 2 is 2.00 bits per heavy atom. The van der Waals surface area contributed by atoms with Crippen molar-refractivity contribution < 1.29 is 9.72 Å². The van der Waals surface area contributed by atoms with Crippen LogP contribution in [0.3, 0.4) is 0 Å². The number of nitro benzene ring substituents is 1. The molecule has 4 rings (SSSR count). The summed E-state index contributed by atoms with van der Waals surface area (Å²) in [5.41, 5.74) is 1.82. The van der Waals surface area contributed by atoms with Crippen molar-refractivity contribution >= 4 is 51.2 Å². The molecule has 8 heteroatoms. The molecule has 0 aliphatic carbocycles. The van der Waals surface area contributed by atoms with E-state index in [1.807, 2.05) is 30.3 Å². The average molecular weight is 376 g/mol. The predicted molar refractivity (Wildman–Crippen MR) is 106 cm³/mol. The van der Waals surface area contributed by atoms with E-state index in [1.54, 1.807) is 24.4 Å². The number of nitrogens with zero attached hydrogens (tertiary/aromatic N) is 3. The van der Waals surface area contributed by atoms with Gasteiger partial charge in [0.1, 0.15) is 5.69 Å². The number of nitrogens with one attached hydrogen (secondary N) is 1. The van der Waals surface area contributed by atoms with E-state index in [1.165, 1.54) is 12.1 Å². The fourth-order valence-electron chi connectivity index (χ4n) is 2.64. The van der Waals surface area contributed by atoms with E-state index in [4.69, 9.17) is 0 Å². The number of aromatic nitrogens is 1. The second kappa shape index (κ2) is 7.00. The van der Waals surface area contributed by atoms with Crippen molar-refractivity contribution in [1.82, 2.24) is 10.3 Å². The van der Waals surface area contributed by atoms with E-state index in [2.05, 4.69) is 15.3 Å². The van der Waals surface area contributed by atoms with Gasteiger partial charge in [0.05, 0.1) is 15.3 Å². The Morgan fingerprint density at radius 3 is 2.85 bits per heavy atom. The highest BCUT2D eigenvalue weighted by Crippen LogP contribution is 2.32. The summed E-state index contributed by atoms with van der Waals surface area (Å²) in [6, 6.07) is 15.7. The van der Waals surface area contributed by atoms with Crippen molar-refractivity contribution in [1.29, 1.82) is 0 Å². The van der Waals surface area contributed by atoms with Gasteiger partial charge >= 0.3 is 0 Å². The maximum absolute atomic E-state index is 12.2. The number of thioether (sulfide) groups is 1. The second-order valence-corrected chi connectivity index (χ2v) is 6.71. The van der Waals surface area contributed by atoms with Gasteiger partial charge in [-0.05, 0) is 47.7 Å². The molecule has 7 nitrogen and oxygen atoms in total. The van der Waals surface area contributed by atoms with Gasteiger partial charge in [-0.15, -0.1) is 0 Å². The van der Waals surface area contributed by atoms with Gasteiger partial charge < -0.3 is 5.32 Å². The number of carbonyl (C=O) groups is 1. The molecule has 3 aromatic rings. The van der Waals surface area contributed by atoms with Crippen LogP contribution in [0.5, 0.6) is 0 Å². The number of fused-ring (bicyclic) bond motifs is 1. The molecule has 132 valence electrons. The van der Waals surface area contributed by atoms with Gasteiger partial charge in [0.2, 0.25) is 0 Å². The molecule has 0 unspecified atom stereocenters. The Bertz CT molecular complexity index is 1140. The molecule has 1 aromatic heterocycles. The molecule has 0 bridgehead atoms. The number of benzene rings is 2. The van der Waals surface area contributed by atoms with Crippen LogP contribution in [0.25, 0.3) is 17.0 Å². The lowest BCUT2D eigenvalue weighted by atomic mass is 10.1. The lowest BCUT2D eigenvalue weighted by Gasteiger charge is -1.99. The van der Waals surface area contributed by atoms with Crippen molar-refractivity contribution in [2.75, 3.05) is 0 Å². The number of carbonyl (C=O) groups excluding carboxylic acids is 1. The third kappa shape index (κ3) is 3.56. The van der Waals surface area contributed by atoms with Gasteiger partial charge in [0.15, 0.2) is 5.17 Å². The molecule has 1 amide bonds. The SMILES string of the molecule is O=C1NC(=Nc2ccccc2[N+](=O)[O-])S/C1=C/c1ccc2ncccc2c1. The van der Waals surface area contributed by atoms with Gasteiger partial charge in [-0.1, -0.05) is 24.3 Å². The Balaban J connectivity index is 1.64. The van der Waals surface area contributed by atoms with Crippen LogP contribution in [0.2, 0.25) is 0 Å². The number of hydrogen-bond donors (Lipinski definition) is 1. The lowest BCUT2D eigenvalue weighted by Crippen LogP contribution is -2.19. The number of amidine groups is 1. The van der Waals surface area contributed by atoms with Gasteiger partial charge in [0.25, 0.3) is 11.6 Å². The van der Waals surface area contributed by atoms with Crippen molar-refractivity contribution in [2.24, 2.45) is 4.99 Å². The van der Waals surface area contributed by atoms with Crippen LogP contribution in [0, 0.1) is 10.1 Å². The maximum Gasteiger partial charge on any atom is 0.294 e. The third-order valence-electron chi connectivity index (χ3n) is 3.88. The molecular formula is C19H12N4O3S. The molecule has 0 saturated carbocycles. The zero-order chi connectivity index (χ0) is 18.8. The van der Waals surface area contributed by atoms with Crippen LogP contribution in [0.15, 0.2) is 70.7 Å². The molecular weight excluding hydrogens is 364 g/mol. The molecule has 1 aliphatic heterocycles. The molecule has 1 fully saturated rings. The summed E-state index contributed by atoms with van der Waals surface area (Å²) < 4.78 is 0. The predicted octanol–water partition coefficient (Wildman–Crippen LogP) is 4.03. The molecule has 0 radical (unpaired) electrons. The first-order chi connectivity index (χ1) is 13.1. The Hall–Kier alpha value is -3.52. The molecule has 0 atom stereocenters. The van der Waals surface area contributed by atoms with Crippen LogP contribution in [0.4, 0.5) is 11.4 Å². The summed E-state index contributed by atoms with van der Waals surface area (Å²) in [6.07, 6.45) is 3.49. The van der Waals surface area contributed by atoms with Crippen LogP contribution in [-0.4, -0.2) is 21.0 Å². The molecule has 0 spiro atoms. The number of nitro groups is 1. The summed E-state index contributed by atoms with van der Waals surface area (Å²) in [7, 11) is 0. The number of aliphatic imine (C=N–C) groups is 1. The van der Waals surface area contributed by atoms with E-state index in [0.717, 1.165) is 28.2 Å². The monoisotopic (exact) mass is 376 g/mol. The highest BCUT2D eigenvalue weighted by atomic mass is 32.2. The number of pyridine rings is 1. The summed E-state index contributed by atoms with van der Waals surface area (Å²) in [5.74, 6) is -0.288. The van der Waals surface area contributed by atoms with Crippen LogP contribution in [-0.2, 0) is 4.79 Å². The van der Waals surface area contributed by atoms with Crippen LogP contribution >= 0.6 is 11.8 Å². The van der Waals surface area contributed by atoms with E-state index in [0.29, 0.717) is 10.1 Å².